The first-order valence-corrected chi connectivity index (χ1v) is 11.7. The highest BCUT2D eigenvalue weighted by Crippen LogP contribution is 2.41. The number of amides is 1. The molecule has 2 heterocycles. The summed E-state index contributed by atoms with van der Waals surface area (Å²) in [5.41, 5.74) is 2.15. The molecule has 1 unspecified atom stereocenters. The molecule has 4 aromatic rings. The number of carbonyl (C=O) groups is 2. The minimum absolute atomic E-state index is 0.0115. The highest BCUT2D eigenvalue weighted by atomic mass is 79.9. The zero-order chi connectivity index (χ0) is 24.7. The quantitative estimate of drug-likeness (QED) is 0.223. The molecule has 0 aliphatic carbocycles. The van der Waals surface area contributed by atoms with E-state index >= 15 is 0 Å². The second-order valence-electron chi connectivity index (χ2n) is 8.16. The molecule has 3 aromatic carbocycles. The van der Waals surface area contributed by atoms with E-state index in [0.717, 1.165) is 10.0 Å². The molecule has 1 aromatic heterocycles. The van der Waals surface area contributed by atoms with Crippen LogP contribution in [0.3, 0.4) is 0 Å². The van der Waals surface area contributed by atoms with E-state index in [2.05, 4.69) is 22.5 Å². The molecule has 1 amide bonds. The van der Waals surface area contributed by atoms with E-state index < -0.39 is 11.9 Å². The maximum absolute atomic E-state index is 13.7. The molecule has 6 nitrogen and oxygen atoms in total. The Labute approximate surface area is 209 Å². The number of hydrogen-bond donors (Lipinski definition) is 0. The number of anilines is 1. The van der Waals surface area contributed by atoms with Gasteiger partial charge in [-0.2, -0.15) is 0 Å². The molecule has 5 rings (SSSR count). The first-order valence-electron chi connectivity index (χ1n) is 10.9. The Bertz CT molecular complexity index is 1540. The number of halogens is 1. The van der Waals surface area contributed by atoms with Crippen molar-refractivity contribution in [1.82, 2.24) is 0 Å². The summed E-state index contributed by atoms with van der Waals surface area (Å²) in [5, 5.41) is 0.385. The summed E-state index contributed by atoms with van der Waals surface area (Å²) in [6.45, 7) is 5.50. The number of benzene rings is 3. The highest BCUT2D eigenvalue weighted by molar-refractivity contribution is 9.10. The van der Waals surface area contributed by atoms with Gasteiger partial charge in [-0.25, -0.2) is 0 Å². The van der Waals surface area contributed by atoms with Crippen molar-refractivity contribution >= 4 is 44.3 Å². The third-order valence-electron chi connectivity index (χ3n) is 5.95. The summed E-state index contributed by atoms with van der Waals surface area (Å²) in [6.07, 6.45) is 1.65. The molecule has 0 radical (unpaired) electrons. The smallest absolute Gasteiger partial charge is 0.295 e. The van der Waals surface area contributed by atoms with Crippen molar-refractivity contribution in [2.75, 3.05) is 11.5 Å². The van der Waals surface area contributed by atoms with Crippen LogP contribution < -0.4 is 15.1 Å². The molecular formula is C28H20BrNO5. The van der Waals surface area contributed by atoms with Gasteiger partial charge in [0.05, 0.1) is 17.0 Å². The second-order valence-corrected chi connectivity index (χ2v) is 9.08. The Morgan fingerprint density at radius 3 is 2.46 bits per heavy atom. The topological polar surface area (TPSA) is 76.8 Å². The summed E-state index contributed by atoms with van der Waals surface area (Å²) in [6, 6.07) is 18.4. The summed E-state index contributed by atoms with van der Waals surface area (Å²) >= 11 is 3.41. The van der Waals surface area contributed by atoms with Crippen LogP contribution in [0.1, 0.15) is 45.0 Å². The van der Waals surface area contributed by atoms with Crippen molar-refractivity contribution in [1.29, 1.82) is 0 Å². The first-order chi connectivity index (χ1) is 16.9. The van der Waals surface area contributed by atoms with Crippen molar-refractivity contribution in [3.8, 4) is 5.75 Å². The molecule has 0 spiro atoms. The standard InChI is InChI=1S/C28H20BrNO5/c1-3-14-34-21-11-6-18(7-12-21)25-24-26(32)22-15-19(29)8-13-23(22)35-27(24)28(33)30(25)20-9-4-17(5-10-20)16(2)31/h3-13,15,25H,1,14H2,2H3. The molecule has 0 fully saturated rings. The van der Waals surface area contributed by atoms with E-state index in [9.17, 15) is 14.4 Å². The lowest BCUT2D eigenvalue weighted by Crippen LogP contribution is -2.29. The third kappa shape index (κ3) is 3.98. The fourth-order valence-electron chi connectivity index (χ4n) is 4.29. The van der Waals surface area contributed by atoms with Crippen LogP contribution in [-0.4, -0.2) is 18.3 Å². The van der Waals surface area contributed by atoms with Crippen LogP contribution in [0.2, 0.25) is 0 Å². The maximum Gasteiger partial charge on any atom is 0.295 e. The van der Waals surface area contributed by atoms with E-state index in [0.29, 0.717) is 34.6 Å². The maximum atomic E-state index is 13.7. The second kappa shape index (κ2) is 9.00. The van der Waals surface area contributed by atoms with Gasteiger partial charge in [0.25, 0.3) is 5.91 Å². The molecule has 1 aliphatic heterocycles. The highest BCUT2D eigenvalue weighted by Gasteiger charge is 2.43. The number of carbonyl (C=O) groups excluding carboxylic acids is 2. The molecular weight excluding hydrogens is 510 g/mol. The number of hydrogen-bond acceptors (Lipinski definition) is 5. The number of rotatable bonds is 6. The molecule has 0 N–H and O–H groups in total. The Morgan fingerprint density at radius 1 is 1.09 bits per heavy atom. The van der Waals surface area contributed by atoms with Crippen molar-refractivity contribution in [3.63, 3.8) is 0 Å². The van der Waals surface area contributed by atoms with Crippen LogP contribution in [0, 0.1) is 0 Å². The predicted octanol–water partition coefficient (Wildman–Crippen LogP) is 6.07. The number of ketones is 1. The Kier molecular flexibility index (Phi) is 5.86. The van der Waals surface area contributed by atoms with Gasteiger partial charge in [-0.15, -0.1) is 0 Å². The molecule has 174 valence electrons. The van der Waals surface area contributed by atoms with Crippen LogP contribution in [-0.2, 0) is 0 Å². The van der Waals surface area contributed by atoms with Gasteiger partial charge in [0.2, 0.25) is 5.76 Å². The van der Waals surface area contributed by atoms with Gasteiger partial charge in [-0.3, -0.25) is 19.3 Å². The van der Waals surface area contributed by atoms with Gasteiger partial charge < -0.3 is 9.15 Å². The zero-order valence-electron chi connectivity index (χ0n) is 18.8. The lowest BCUT2D eigenvalue weighted by molar-refractivity contribution is 0.0970. The number of fused-ring (bicyclic) bond motifs is 2. The van der Waals surface area contributed by atoms with E-state index in [1.807, 2.05) is 12.1 Å². The summed E-state index contributed by atoms with van der Waals surface area (Å²) in [7, 11) is 0. The van der Waals surface area contributed by atoms with Crippen LogP contribution in [0.4, 0.5) is 5.69 Å². The van der Waals surface area contributed by atoms with E-state index in [-0.39, 0.29) is 22.5 Å². The lowest BCUT2D eigenvalue weighted by atomic mass is 9.98. The minimum atomic E-state index is -0.714. The third-order valence-corrected chi connectivity index (χ3v) is 6.44. The SMILES string of the molecule is C=CCOc1ccc(C2c3c(oc4ccc(Br)cc4c3=O)C(=O)N2c2ccc(C(C)=O)cc2)cc1. The molecule has 1 atom stereocenters. The fraction of sp³-hybridized carbons (Fsp3) is 0.107. The zero-order valence-corrected chi connectivity index (χ0v) is 20.4. The average molecular weight is 530 g/mol. The van der Waals surface area contributed by atoms with Gasteiger partial charge in [0, 0.05) is 15.7 Å². The molecule has 0 bridgehead atoms. The summed E-state index contributed by atoms with van der Waals surface area (Å²) in [5.74, 6) is 0.157. The Morgan fingerprint density at radius 2 is 1.80 bits per heavy atom. The molecule has 0 saturated heterocycles. The van der Waals surface area contributed by atoms with Gasteiger partial charge in [0.1, 0.15) is 17.9 Å². The van der Waals surface area contributed by atoms with Crippen LogP contribution in [0.5, 0.6) is 5.75 Å². The van der Waals surface area contributed by atoms with Crippen molar-refractivity contribution in [3.05, 3.63) is 117 Å². The van der Waals surface area contributed by atoms with Crippen molar-refractivity contribution in [2.24, 2.45) is 0 Å². The van der Waals surface area contributed by atoms with E-state index in [1.54, 1.807) is 60.7 Å². The van der Waals surface area contributed by atoms with E-state index in [4.69, 9.17) is 9.15 Å². The molecule has 35 heavy (non-hydrogen) atoms. The molecule has 0 saturated carbocycles. The van der Waals surface area contributed by atoms with Gasteiger partial charge in [-0.05, 0) is 67.1 Å². The monoisotopic (exact) mass is 529 g/mol. The Balaban J connectivity index is 1.71. The van der Waals surface area contributed by atoms with Crippen LogP contribution >= 0.6 is 15.9 Å². The largest absolute Gasteiger partial charge is 0.490 e. The van der Waals surface area contributed by atoms with Crippen LogP contribution in [0.25, 0.3) is 11.0 Å². The summed E-state index contributed by atoms with van der Waals surface area (Å²) in [4.78, 5) is 40.6. The van der Waals surface area contributed by atoms with Crippen molar-refractivity contribution < 1.29 is 18.7 Å². The predicted molar refractivity (Wildman–Crippen MR) is 137 cm³/mol. The van der Waals surface area contributed by atoms with Crippen molar-refractivity contribution in [2.45, 2.75) is 13.0 Å². The molecule has 7 heteroatoms. The minimum Gasteiger partial charge on any atom is -0.490 e. The summed E-state index contributed by atoms with van der Waals surface area (Å²) < 4.78 is 12.3. The van der Waals surface area contributed by atoms with Gasteiger partial charge >= 0.3 is 0 Å². The normalized spacial score (nSPS) is 14.7. The van der Waals surface area contributed by atoms with Crippen LogP contribution in [0.15, 0.2) is 93.1 Å². The van der Waals surface area contributed by atoms with Gasteiger partial charge in [-0.1, -0.05) is 40.7 Å². The fourth-order valence-corrected chi connectivity index (χ4v) is 4.65. The average Bonchev–Trinajstić information content (AvgIpc) is 3.16. The number of nitrogens with zero attached hydrogens (tertiary/aromatic N) is 1. The lowest BCUT2D eigenvalue weighted by Gasteiger charge is -2.25. The Hall–Kier alpha value is -3.97. The van der Waals surface area contributed by atoms with Gasteiger partial charge in [0.15, 0.2) is 11.2 Å². The first kappa shape index (κ1) is 22.8. The molecule has 1 aliphatic rings. The number of ether oxygens (including phenoxy) is 1. The van der Waals surface area contributed by atoms with E-state index in [1.165, 1.54) is 11.8 Å². The number of Topliss-reactive ketones (excluding diaryl/α,β-unsaturated/α-hetero) is 1.